The first-order chi connectivity index (χ1) is 6.65. The zero-order chi connectivity index (χ0) is 10.1. The Kier molecular flexibility index (Phi) is 3.00. The Hall–Kier alpha value is -0.250. The quantitative estimate of drug-likeness (QED) is 0.700. The lowest BCUT2D eigenvalue weighted by Gasteiger charge is -1.87. The van der Waals surface area contributed by atoms with Gasteiger partial charge in [-0.1, -0.05) is 11.6 Å². The molecule has 0 aliphatic heterocycles. The van der Waals surface area contributed by atoms with Crippen LogP contribution in [0.1, 0.15) is 5.76 Å². The molecule has 0 aliphatic rings. The maximum atomic E-state index is 5.86. The molecule has 2 rings (SSSR count). The second kappa shape index (κ2) is 4.09. The lowest BCUT2D eigenvalue weighted by molar-refractivity contribution is 0.604. The van der Waals surface area contributed by atoms with E-state index in [0.717, 1.165) is 20.1 Å². The van der Waals surface area contributed by atoms with Gasteiger partial charge in [0.25, 0.3) is 0 Å². The summed E-state index contributed by atoms with van der Waals surface area (Å²) in [4.78, 5) is 0. The van der Waals surface area contributed by atoms with Gasteiger partial charge < -0.3 is 4.42 Å². The highest BCUT2D eigenvalue weighted by atomic mass is 79.9. The molecular weight excluding hydrogens is 331 g/mol. The van der Waals surface area contributed by atoms with Crippen LogP contribution in [-0.4, -0.2) is 0 Å². The van der Waals surface area contributed by atoms with E-state index in [1.165, 1.54) is 0 Å². The molecule has 0 atom stereocenters. The van der Waals surface area contributed by atoms with Crippen LogP contribution >= 0.6 is 43.5 Å². The van der Waals surface area contributed by atoms with Crippen LogP contribution in [0.3, 0.4) is 0 Å². The molecule has 0 N–H and O–H groups in total. The average molecular weight is 336 g/mol. The van der Waals surface area contributed by atoms with Gasteiger partial charge in [0.1, 0.15) is 11.3 Å². The zero-order valence-corrected chi connectivity index (χ0v) is 10.9. The van der Waals surface area contributed by atoms with E-state index in [-0.39, 0.29) is 0 Å². The van der Waals surface area contributed by atoms with E-state index in [0.29, 0.717) is 5.02 Å². The number of rotatable bonds is 1. The van der Waals surface area contributed by atoms with Crippen molar-refractivity contribution in [2.45, 2.75) is 0 Å². The predicted octanol–water partition coefficient (Wildman–Crippen LogP) is 5.17. The molecule has 0 fully saturated rings. The standard InChI is InChI=1S/C10H5Br2ClO/c11-10(12)5-8-4-6-3-7(13)1-2-9(6)14-8/h1-5H. The smallest absolute Gasteiger partial charge is 0.134 e. The molecule has 0 amide bonds. The van der Waals surface area contributed by atoms with Crippen molar-refractivity contribution in [1.82, 2.24) is 0 Å². The normalized spacial score (nSPS) is 10.5. The minimum atomic E-state index is 0.715. The molecular formula is C10H5Br2ClO. The van der Waals surface area contributed by atoms with E-state index < -0.39 is 0 Å². The largest absolute Gasteiger partial charge is 0.457 e. The SMILES string of the molecule is Clc1ccc2oc(C=C(Br)Br)cc2c1. The van der Waals surface area contributed by atoms with Gasteiger partial charge in [0, 0.05) is 16.5 Å². The summed E-state index contributed by atoms with van der Waals surface area (Å²) in [5.74, 6) is 0.783. The molecule has 0 radical (unpaired) electrons. The Labute approximate surface area is 103 Å². The van der Waals surface area contributed by atoms with Gasteiger partial charge >= 0.3 is 0 Å². The number of benzene rings is 1. The second-order valence-corrected chi connectivity index (χ2v) is 5.97. The van der Waals surface area contributed by atoms with Crippen molar-refractivity contribution in [2.24, 2.45) is 0 Å². The molecule has 4 heteroatoms. The monoisotopic (exact) mass is 334 g/mol. The fraction of sp³-hybridized carbons (Fsp3) is 0. The molecule has 1 aromatic heterocycles. The number of fused-ring (bicyclic) bond motifs is 1. The maximum Gasteiger partial charge on any atom is 0.134 e. The van der Waals surface area contributed by atoms with E-state index in [9.17, 15) is 0 Å². The molecule has 1 nitrogen and oxygen atoms in total. The number of hydrogen-bond donors (Lipinski definition) is 0. The molecule has 0 aliphatic carbocycles. The minimum Gasteiger partial charge on any atom is -0.457 e. The third-order valence-corrected chi connectivity index (χ3v) is 2.44. The summed E-state index contributed by atoms with van der Waals surface area (Å²) < 4.78 is 6.38. The van der Waals surface area contributed by atoms with Crippen LogP contribution in [0.5, 0.6) is 0 Å². The lowest BCUT2D eigenvalue weighted by atomic mass is 10.2. The Morgan fingerprint density at radius 3 is 2.79 bits per heavy atom. The molecule has 0 bridgehead atoms. The Balaban J connectivity index is 2.57. The molecule has 0 saturated heterocycles. The Morgan fingerprint density at radius 1 is 1.29 bits per heavy atom. The number of furan rings is 1. The van der Waals surface area contributed by atoms with Gasteiger partial charge in [-0.05, 0) is 56.1 Å². The van der Waals surface area contributed by atoms with Crippen LogP contribution in [0.2, 0.25) is 5.02 Å². The lowest BCUT2D eigenvalue weighted by Crippen LogP contribution is -1.62. The van der Waals surface area contributed by atoms with Crippen molar-refractivity contribution >= 4 is 60.5 Å². The first-order valence-electron chi connectivity index (χ1n) is 3.87. The minimum absolute atomic E-state index is 0.715. The van der Waals surface area contributed by atoms with Gasteiger partial charge in [-0.3, -0.25) is 0 Å². The topological polar surface area (TPSA) is 13.1 Å². The van der Waals surface area contributed by atoms with Gasteiger partial charge in [-0.2, -0.15) is 0 Å². The van der Waals surface area contributed by atoms with E-state index in [2.05, 4.69) is 31.9 Å². The fourth-order valence-electron chi connectivity index (χ4n) is 1.21. The Bertz CT molecular complexity index is 498. The molecule has 0 saturated carbocycles. The van der Waals surface area contributed by atoms with Crippen LogP contribution in [0, 0.1) is 0 Å². The second-order valence-electron chi connectivity index (χ2n) is 2.76. The van der Waals surface area contributed by atoms with Crippen LogP contribution in [-0.2, 0) is 0 Å². The van der Waals surface area contributed by atoms with E-state index in [1.807, 2.05) is 30.3 Å². The van der Waals surface area contributed by atoms with Gasteiger partial charge in [0.05, 0.1) is 3.39 Å². The molecule has 72 valence electrons. The maximum absolute atomic E-state index is 5.86. The van der Waals surface area contributed by atoms with Crippen LogP contribution in [0.25, 0.3) is 17.0 Å². The molecule has 2 aromatic rings. The fourth-order valence-corrected chi connectivity index (χ4v) is 1.85. The summed E-state index contributed by atoms with van der Waals surface area (Å²) in [5, 5.41) is 1.72. The first-order valence-corrected chi connectivity index (χ1v) is 5.83. The highest BCUT2D eigenvalue weighted by Crippen LogP contribution is 2.26. The average Bonchev–Trinajstić information content (AvgIpc) is 2.44. The van der Waals surface area contributed by atoms with Crippen molar-refractivity contribution in [2.75, 3.05) is 0 Å². The zero-order valence-electron chi connectivity index (χ0n) is 6.93. The van der Waals surface area contributed by atoms with Crippen LogP contribution < -0.4 is 0 Å². The van der Waals surface area contributed by atoms with E-state index in [4.69, 9.17) is 16.0 Å². The molecule has 14 heavy (non-hydrogen) atoms. The van der Waals surface area contributed by atoms with Crippen LogP contribution in [0.15, 0.2) is 32.1 Å². The van der Waals surface area contributed by atoms with E-state index >= 15 is 0 Å². The predicted molar refractivity (Wildman–Crippen MR) is 67.1 cm³/mol. The van der Waals surface area contributed by atoms with Gasteiger partial charge in [0.2, 0.25) is 0 Å². The van der Waals surface area contributed by atoms with Crippen molar-refractivity contribution in [3.8, 4) is 0 Å². The number of halogens is 3. The van der Waals surface area contributed by atoms with Gasteiger partial charge in [0.15, 0.2) is 0 Å². The summed E-state index contributed by atoms with van der Waals surface area (Å²) in [5.41, 5.74) is 0.835. The number of hydrogen-bond acceptors (Lipinski definition) is 1. The van der Waals surface area contributed by atoms with Crippen molar-refractivity contribution < 1.29 is 4.42 Å². The first kappa shape index (κ1) is 10.3. The summed E-state index contributed by atoms with van der Waals surface area (Å²) in [6, 6.07) is 7.48. The Morgan fingerprint density at radius 2 is 2.07 bits per heavy atom. The van der Waals surface area contributed by atoms with Gasteiger partial charge in [-0.15, -0.1) is 0 Å². The van der Waals surface area contributed by atoms with Crippen molar-refractivity contribution in [3.63, 3.8) is 0 Å². The summed E-state index contributed by atoms with van der Waals surface area (Å²) in [6.07, 6.45) is 1.84. The molecule has 1 heterocycles. The van der Waals surface area contributed by atoms with E-state index in [1.54, 1.807) is 0 Å². The summed E-state index contributed by atoms with van der Waals surface area (Å²) in [6.45, 7) is 0. The third-order valence-electron chi connectivity index (χ3n) is 1.75. The highest BCUT2D eigenvalue weighted by molar-refractivity contribution is 9.28. The third kappa shape index (κ3) is 2.22. The summed E-state index contributed by atoms with van der Waals surface area (Å²) in [7, 11) is 0. The highest BCUT2D eigenvalue weighted by Gasteiger charge is 2.02. The van der Waals surface area contributed by atoms with Crippen molar-refractivity contribution in [1.29, 1.82) is 0 Å². The van der Waals surface area contributed by atoms with Crippen molar-refractivity contribution in [3.05, 3.63) is 38.4 Å². The molecule has 0 spiro atoms. The van der Waals surface area contributed by atoms with Crippen LogP contribution in [0.4, 0.5) is 0 Å². The molecule has 0 unspecified atom stereocenters. The molecule has 1 aromatic carbocycles. The van der Waals surface area contributed by atoms with Gasteiger partial charge in [-0.25, -0.2) is 0 Å². The summed E-state index contributed by atoms with van der Waals surface area (Å²) >= 11 is 12.4.